The van der Waals surface area contributed by atoms with Crippen LogP contribution in [0.15, 0.2) is 11.1 Å². The normalized spacial score (nSPS) is 20.9. The predicted molar refractivity (Wildman–Crippen MR) is 55.3 cm³/mol. The van der Waals surface area contributed by atoms with Gasteiger partial charge in [0.25, 0.3) is 0 Å². The number of hydrogen-bond acceptors (Lipinski definition) is 3. The molecule has 1 aliphatic rings. The maximum atomic E-state index is 10.9. The first-order valence-electron chi connectivity index (χ1n) is 4.94. The van der Waals surface area contributed by atoms with E-state index in [1.165, 1.54) is 12.5 Å². The van der Waals surface area contributed by atoms with E-state index in [0.29, 0.717) is 0 Å². The van der Waals surface area contributed by atoms with Gasteiger partial charge in [0, 0.05) is 6.04 Å². The van der Waals surface area contributed by atoms with Gasteiger partial charge in [-0.05, 0) is 19.8 Å². The monoisotopic (exact) mass is 219 g/mol. The molecular weight excluding hydrogens is 202 g/mol. The summed E-state index contributed by atoms with van der Waals surface area (Å²) in [5.41, 5.74) is 0. The van der Waals surface area contributed by atoms with Gasteiger partial charge in [-0.25, -0.2) is 0 Å². The van der Waals surface area contributed by atoms with Gasteiger partial charge in [0.05, 0.1) is 0 Å². The van der Waals surface area contributed by atoms with E-state index in [1.54, 1.807) is 6.92 Å². The second-order valence-electron chi connectivity index (χ2n) is 3.61. The van der Waals surface area contributed by atoms with Gasteiger partial charge in [0.1, 0.15) is 0 Å². The van der Waals surface area contributed by atoms with Crippen LogP contribution in [-0.4, -0.2) is 19.0 Å². The van der Waals surface area contributed by atoms with Crippen LogP contribution in [0.2, 0.25) is 0 Å². The van der Waals surface area contributed by atoms with Crippen LogP contribution in [0.25, 0.3) is 0 Å². The van der Waals surface area contributed by atoms with Crippen LogP contribution in [-0.2, 0) is 10.1 Å². The Labute approximate surface area is 85.1 Å². The number of hydrogen-bond donors (Lipinski definition) is 2. The Balaban J connectivity index is 2.57. The van der Waals surface area contributed by atoms with Crippen molar-refractivity contribution in [3.8, 4) is 0 Å². The molecule has 0 unspecified atom stereocenters. The summed E-state index contributed by atoms with van der Waals surface area (Å²) in [6.45, 7) is 1.60. The smallest absolute Gasteiger partial charge is 0.309 e. The van der Waals surface area contributed by atoms with E-state index < -0.39 is 10.1 Å². The molecule has 82 valence electrons. The fourth-order valence-electron chi connectivity index (χ4n) is 1.75. The fraction of sp³-hybridized carbons (Fsp3) is 0.778. The van der Waals surface area contributed by atoms with Crippen molar-refractivity contribution >= 4 is 10.1 Å². The Morgan fingerprint density at radius 1 is 1.36 bits per heavy atom. The van der Waals surface area contributed by atoms with E-state index in [4.69, 9.17) is 4.55 Å². The summed E-state index contributed by atoms with van der Waals surface area (Å²) in [6, 6.07) is 0.192. The van der Waals surface area contributed by atoms with E-state index in [1.807, 2.05) is 0 Å². The third-order valence-corrected chi connectivity index (χ3v) is 3.40. The first kappa shape index (κ1) is 11.5. The van der Waals surface area contributed by atoms with Crippen molar-refractivity contribution < 1.29 is 13.0 Å². The molecule has 0 aromatic rings. The highest BCUT2D eigenvalue weighted by Gasteiger charge is 2.19. The van der Waals surface area contributed by atoms with E-state index in [-0.39, 0.29) is 11.1 Å². The lowest BCUT2D eigenvalue weighted by Gasteiger charge is -2.24. The molecule has 1 aliphatic carbocycles. The minimum atomic E-state index is -4.06. The van der Waals surface area contributed by atoms with Crippen molar-refractivity contribution in [2.75, 3.05) is 0 Å². The van der Waals surface area contributed by atoms with Crippen molar-refractivity contribution in [2.45, 2.75) is 45.1 Å². The van der Waals surface area contributed by atoms with Crippen LogP contribution < -0.4 is 5.32 Å². The number of nitrogens with one attached hydrogen (secondary N) is 1. The Morgan fingerprint density at radius 2 is 1.93 bits per heavy atom. The van der Waals surface area contributed by atoms with Gasteiger partial charge in [-0.2, -0.15) is 8.42 Å². The van der Waals surface area contributed by atoms with Crippen molar-refractivity contribution in [1.82, 2.24) is 5.32 Å². The van der Waals surface area contributed by atoms with Crippen LogP contribution in [0.5, 0.6) is 0 Å². The van der Waals surface area contributed by atoms with Crippen LogP contribution in [0, 0.1) is 0 Å². The van der Waals surface area contributed by atoms with Crippen molar-refractivity contribution in [3.63, 3.8) is 0 Å². The van der Waals surface area contributed by atoms with Crippen molar-refractivity contribution in [3.05, 3.63) is 11.1 Å². The van der Waals surface area contributed by atoms with Gasteiger partial charge in [0.15, 0.2) is 5.03 Å². The lowest BCUT2D eigenvalue weighted by molar-refractivity contribution is 0.396. The highest BCUT2D eigenvalue weighted by molar-refractivity contribution is 7.89. The van der Waals surface area contributed by atoms with Crippen LogP contribution >= 0.6 is 0 Å². The van der Waals surface area contributed by atoms with E-state index in [9.17, 15) is 8.42 Å². The molecule has 14 heavy (non-hydrogen) atoms. The summed E-state index contributed by atoms with van der Waals surface area (Å²) in [4.78, 5) is 0. The molecule has 1 fully saturated rings. The minimum absolute atomic E-state index is 0.0654. The molecule has 5 heteroatoms. The molecule has 1 saturated carbocycles. The lowest BCUT2D eigenvalue weighted by atomic mass is 9.96. The van der Waals surface area contributed by atoms with E-state index >= 15 is 0 Å². The molecule has 4 nitrogen and oxygen atoms in total. The van der Waals surface area contributed by atoms with E-state index in [0.717, 1.165) is 25.7 Å². The van der Waals surface area contributed by atoms with E-state index in [2.05, 4.69) is 5.32 Å². The van der Waals surface area contributed by atoms with Crippen LogP contribution in [0.3, 0.4) is 0 Å². The average Bonchev–Trinajstić information content (AvgIpc) is 2.14. The summed E-state index contributed by atoms with van der Waals surface area (Å²) in [5.74, 6) is 0. The Hall–Kier alpha value is -0.550. The molecule has 0 amide bonds. The standard InChI is InChI=1S/C9H17NO3S/c1-2-9(14(11,12)13)10-8-6-4-3-5-7-8/h2,8,10H,3-7H2,1H3,(H,11,12,13)/b9-2-. The maximum absolute atomic E-state index is 10.9. The summed E-state index contributed by atoms with van der Waals surface area (Å²) in [6.07, 6.45) is 6.82. The second kappa shape index (κ2) is 4.79. The molecule has 0 aliphatic heterocycles. The van der Waals surface area contributed by atoms with Gasteiger partial charge < -0.3 is 5.32 Å². The lowest BCUT2D eigenvalue weighted by Crippen LogP contribution is -2.33. The molecule has 0 aromatic carbocycles. The molecule has 0 bridgehead atoms. The zero-order valence-corrected chi connectivity index (χ0v) is 9.18. The second-order valence-corrected chi connectivity index (χ2v) is 5.00. The zero-order chi connectivity index (χ0) is 10.6. The zero-order valence-electron chi connectivity index (χ0n) is 8.36. The largest absolute Gasteiger partial charge is 0.371 e. The SMILES string of the molecule is C/C=C(/NC1CCCCC1)S(=O)(=O)O. The molecule has 2 N–H and O–H groups in total. The van der Waals surface area contributed by atoms with Crippen molar-refractivity contribution in [1.29, 1.82) is 0 Å². The molecule has 0 heterocycles. The first-order valence-corrected chi connectivity index (χ1v) is 6.38. The van der Waals surface area contributed by atoms with Gasteiger partial charge >= 0.3 is 10.1 Å². The summed E-state index contributed by atoms with van der Waals surface area (Å²) in [5, 5.41) is 2.80. The molecule has 0 radical (unpaired) electrons. The molecule has 0 atom stereocenters. The Bertz CT molecular complexity index is 302. The topological polar surface area (TPSA) is 66.4 Å². The molecule has 1 rings (SSSR count). The third-order valence-electron chi connectivity index (χ3n) is 2.49. The highest BCUT2D eigenvalue weighted by Crippen LogP contribution is 2.19. The number of allylic oxidation sites excluding steroid dienone is 1. The third kappa shape index (κ3) is 3.31. The molecule has 0 saturated heterocycles. The number of rotatable bonds is 3. The van der Waals surface area contributed by atoms with Gasteiger partial charge in [0.2, 0.25) is 0 Å². The summed E-state index contributed by atoms with van der Waals surface area (Å²) >= 11 is 0. The molecule has 0 spiro atoms. The maximum Gasteiger partial charge on any atom is 0.309 e. The molecular formula is C9H17NO3S. The van der Waals surface area contributed by atoms with Gasteiger partial charge in [-0.1, -0.05) is 25.3 Å². The van der Waals surface area contributed by atoms with Crippen LogP contribution in [0.1, 0.15) is 39.0 Å². The van der Waals surface area contributed by atoms with Gasteiger partial charge in [-0.3, -0.25) is 4.55 Å². The van der Waals surface area contributed by atoms with Gasteiger partial charge in [-0.15, -0.1) is 0 Å². The highest BCUT2D eigenvalue weighted by atomic mass is 32.2. The average molecular weight is 219 g/mol. The Kier molecular flexibility index (Phi) is 3.95. The van der Waals surface area contributed by atoms with Crippen molar-refractivity contribution in [2.24, 2.45) is 0 Å². The fourth-order valence-corrected chi connectivity index (χ4v) is 2.37. The quantitative estimate of drug-likeness (QED) is 0.708. The minimum Gasteiger partial charge on any atom is -0.371 e. The Morgan fingerprint density at radius 3 is 2.36 bits per heavy atom. The first-order chi connectivity index (χ1) is 6.54. The predicted octanol–water partition coefficient (Wildman–Crippen LogP) is 1.66. The summed E-state index contributed by atoms with van der Waals surface area (Å²) in [7, 11) is -4.06. The molecule has 0 aromatic heterocycles. The summed E-state index contributed by atoms with van der Waals surface area (Å²) < 4.78 is 30.6. The van der Waals surface area contributed by atoms with Crippen LogP contribution in [0.4, 0.5) is 0 Å².